The number of hydrogen-bond donors (Lipinski definition) is 1. The molecule has 0 fully saturated rings. The van der Waals surface area contributed by atoms with E-state index in [4.69, 9.17) is 0 Å². The van der Waals surface area contributed by atoms with Crippen LogP contribution in [0.5, 0.6) is 0 Å². The Morgan fingerprint density at radius 3 is 2.50 bits per heavy atom. The van der Waals surface area contributed by atoms with Gasteiger partial charge in [0, 0.05) is 21.2 Å². The van der Waals surface area contributed by atoms with Gasteiger partial charge in [-0.3, -0.25) is 4.79 Å². The number of hydrogen-bond acceptors (Lipinski definition) is 5. The smallest absolute Gasteiger partial charge is 0.233 e. The molecule has 6 heteroatoms. The van der Waals surface area contributed by atoms with Crippen molar-refractivity contribution in [2.45, 2.75) is 23.7 Å². The minimum absolute atomic E-state index is 0.00332. The van der Waals surface area contributed by atoms with Crippen LogP contribution >= 0.6 is 23.1 Å². The molecule has 2 heterocycles. The van der Waals surface area contributed by atoms with Crippen molar-refractivity contribution in [3.05, 3.63) is 77.0 Å². The molecule has 0 unspecified atom stereocenters. The van der Waals surface area contributed by atoms with Crippen molar-refractivity contribution in [3.63, 3.8) is 0 Å². The summed E-state index contributed by atoms with van der Waals surface area (Å²) in [6.45, 7) is 2.46. The van der Waals surface area contributed by atoms with E-state index in [-0.39, 0.29) is 11.2 Å². The summed E-state index contributed by atoms with van der Waals surface area (Å²) in [7, 11) is 0. The van der Waals surface area contributed by atoms with Crippen molar-refractivity contribution in [3.8, 4) is 11.3 Å². The zero-order chi connectivity index (χ0) is 19.3. The number of nitrogens with one attached hydrogen (secondary N) is 1. The Bertz CT molecular complexity index is 1080. The maximum Gasteiger partial charge on any atom is 0.233 e. The highest BCUT2D eigenvalue weighted by atomic mass is 32.2. The third kappa shape index (κ3) is 4.08. The van der Waals surface area contributed by atoms with E-state index < -0.39 is 0 Å². The van der Waals surface area contributed by atoms with Gasteiger partial charge in [0.25, 0.3) is 0 Å². The lowest BCUT2D eigenvalue weighted by Crippen LogP contribution is -2.30. The molecule has 0 bridgehead atoms. The van der Waals surface area contributed by atoms with Gasteiger partial charge in [-0.25, -0.2) is 0 Å². The van der Waals surface area contributed by atoms with Crippen LogP contribution in [0.2, 0.25) is 0 Å². The number of carbonyl (C=O) groups excluding carboxylic acids is 1. The second-order valence-corrected chi connectivity index (χ2v) is 8.68. The van der Waals surface area contributed by atoms with Crippen LogP contribution in [-0.4, -0.2) is 21.4 Å². The standard InChI is InChI=1S/C22H19N3OS2/c1-15(21(26)23-14-17-10-7-13-27-17)28-22-19-12-6-5-11-18(19)20(24-25-22)16-8-3-2-4-9-16/h2-13,15H,14H2,1H3,(H,23,26)/t15-/m0/s1. The topological polar surface area (TPSA) is 54.9 Å². The highest BCUT2D eigenvalue weighted by Gasteiger charge is 2.18. The second kappa shape index (κ2) is 8.54. The lowest BCUT2D eigenvalue weighted by atomic mass is 10.1. The monoisotopic (exact) mass is 405 g/mol. The Morgan fingerprint density at radius 2 is 1.75 bits per heavy atom. The summed E-state index contributed by atoms with van der Waals surface area (Å²) >= 11 is 3.08. The Balaban J connectivity index is 1.56. The summed E-state index contributed by atoms with van der Waals surface area (Å²) in [6.07, 6.45) is 0. The SMILES string of the molecule is C[C@H](Sc1nnc(-c2ccccc2)c2ccccc12)C(=O)NCc1cccs1. The quantitative estimate of drug-likeness (QED) is 0.451. The zero-order valence-corrected chi connectivity index (χ0v) is 17.0. The number of thiophene rings is 1. The predicted octanol–water partition coefficient (Wildman–Crippen LogP) is 5.16. The molecule has 2 aromatic carbocycles. The average molecular weight is 406 g/mol. The Kier molecular flexibility index (Phi) is 5.69. The first kappa shape index (κ1) is 18.7. The molecule has 4 aromatic rings. The lowest BCUT2D eigenvalue weighted by Gasteiger charge is -2.13. The molecule has 0 aliphatic rings. The van der Waals surface area contributed by atoms with Gasteiger partial charge in [-0.2, -0.15) is 0 Å². The van der Waals surface area contributed by atoms with Crippen LogP contribution in [0.4, 0.5) is 0 Å². The fourth-order valence-electron chi connectivity index (χ4n) is 2.93. The fraction of sp³-hybridized carbons (Fsp3) is 0.136. The molecule has 0 radical (unpaired) electrons. The van der Waals surface area contributed by atoms with Crippen LogP contribution in [0.25, 0.3) is 22.0 Å². The highest BCUT2D eigenvalue weighted by molar-refractivity contribution is 8.00. The molecule has 1 amide bonds. The normalized spacial score (nSPS) is 12.0. The summed E-state index contributed by atoms with van der Waals surface area (Å²) in [6, 6.07) is 22.1. The number of carbonyl (C=O) groups is 1. The van der Waals surface area contributed by atoms with E-state index in [9.17, 15) is 4.79 Å². The van der Waals surface area contributed by atoms with Crippen LogP contribution in [0.3, 0.4) is 0 Å². The van der Waals surface area contributed by atoms with Crippen LogP contribution in [-0.2, 0) is 11.3 Å². The highest BCUT2D eigenvalue weighted by Crippen LogP contribution is 2.33. The number of fused-ring (bicyclic) bond motifs is 1. The summed E-state index contributed by atoms with van der Waals surface area (Å²) in [4.78, 5) is 13.6. The number of rotatable bonds is 6. The Labute approximate surface area is 172 Å². The zero-order valence-electron chi connectivity index (χ0n) is 15.3. The summed E-state index contributed by atoms with van der Waals surface area (Å²) in [5, 5.41) is 16.5. The van der Waals surface area contributed by atoms with Gasteiger partial charge in [-0.1, -0.05) is 72.4 Å². The van der Waals surface area contributed by atoms with E-state index in [0.717, 1.165) is 31.9 Å². The van der Waals surface area contributed by atoms with Crippen molar-refractivity contribution in [1.29, 1.82) is 0 Å². The van der Waals surface area contributed by atoms with Crippen LogP contribution in [0, 0.1) is 0 Å². The molecule has 2 aromatic heterocycles. The van der Waals surface area contributed by atoms with E-state index in [2.05, 4.69) is 21.6 Å². The van der Waals surface area contributed by atoms with Crippen molar-refractivity contribution in [2.24, 2.45) is 0 Å². The van der Waals surface area contributed by atoms with Crippen molar-refractivity contribution in [2.75, 3.05) is 0 Å². The third-order valence-electron chi connectivity index (χ3n) is 4.38. The first-order valence-electron chi connectivity index (χ1n) is 9.00. The molecule has 140 valence electrons. The first-order valence-corrected chi connectivity index (χ1v) is 10.8. The molecule has 4 rings (SSSR count). The largest absolute Gasteiger partial charge is 0.350 e. The van der Waals surface area contributed by atoms with Crippen LogP contribution in [0.1, 0.15) is 11.8 Å². The van der Waals surface area contributed by atoms with Gasteiger partial charge in [0.15, 0.2) is 0 Å². The van der Waals surface area contributed by atoms with Gasteiger partial charge in [-0.15, -0.1) is 21.5 Å². The Morgan fingerprint density at radius 1 is 1.00 bits per heavy atom. The van der Waals surface area contributed by atoms with Crippen LogP contribution < -0.4 is 5.32 Å². The van der Waals surface area contributed by atoms with Gasteiger partial charge >= 0.3 is 0 Å². The van der Waals surface area contributed by atoms with Gasteiger partial charge < -0.3 is 5.32 Å². The van der Waals surface area contributed by atoms with Crippen molar-refractivity contribution < 1.29 is 4.79 Å². The maximum absolute atomic E-state index is 12.5. The number of amides is 1. The number of aromatic nitrogens is 2. The summed E-state index contributed by atoms with van der Waals surface area (Å²) < 4.78 is 0. The minimum atomic E-state index is -0.264. The third-order valence-corrected chi connectivity index (χ3v) is 6.34. The van der Waals surface area contributed by atoms with Gasteiger partial charge in [0.05, 0.1) is 11.8 Å². The van der Waals surface area contributed by atoms with E-state index in [1.54, 1.807) is 11.3 Å². The molecule has 1 N–H and O–H groups in total. The summed E-state index contributed by atoms with van der Waals surface area (Å²) in [5.74, 6) is -0.00332. The van der Waals surface area contributed by atoms with Crippen molar-refractivity contribution >= 4 is 39.8 Å². The van der Waals surface area contributed by atoms with E-state index in [1.807, 2.05) is 73.0 Å². The molecule has 28 heavy (non-hydrogen) atoms. The number of nitrogens with zero attached hydrogens (tertiary/aromatic N) is 2. The molecule has 0 aliphatic carbocycles. The fourth-order valence-corrected chi connectivity index (χ4v) is 4.49. The summed E-state index contributed by atoms with van der Waals surface area (Å²) in [5.41, 5.74) is 1.89. The molecule has 0 saturated carbocycles. The molecule has 4 nitrogen and oxygen atoms in total. The van der Waals surface area contributed by atoms with Crippen LogP contribution in [0.15, 0.2) is 77.1 Å². The number of benzene rings is 2. The molecular formula is C22H19N3OS2. The van der Waals surface area contributed by atoms with E-state index in [0.29, 0.717) is 6.54 Å². The van der Waals surface area contributed by atoms with Crippen molar-refractivity contribution in [1.82, 2.24) is 15.5 Å². The second-order valence-electron chi connectivity index (χ2n) is 6.32. The Hall–Kier alpha value is -2.70. The van der Waals surface area contributed by atoms with E-state index >= 15 is 0 Å². The molecule has 0 saturated heterocycles. The molecular weight excluding hydrogens is 386 g/mol. The molecule has 1 atom stereocenters. The molecule has 0 spiro atoms. The minimum Gasteiger partial charge on any atom is -0.350 e. The predicted molar refractivity (Wildman–Crippen MR) is 116 cm³/mol. The lowest BCUT2D eigenvalue weighted by molar-refractivity contribution is -0.120. The van der Waals surface area contributed by atoms with Gasteiger partial charge in [0.1, 0.15) is 10.7 Å². The molecule has 0 aliphatic heterocycles. The van der Waals surface area contributed by atoms with Gasteiger partial charge in [0.2, 0.25) is 5.91 Å². The number of thioether (sulfide) groups is 1. The maximum atomic E-state index is 12.5. The van der Waals surface area contributed by atoms with E-state index in [1.165, 1.54) is 11.8 Å². The van der Waals surface area contributed by atoms with Gasteiger partial charge in [-0.05, 0) is 18.4 Å². The first-order chi connectivity index (χ1) is 13.7. The average Bonchev–Trinajstić information content (AvgIpc) is 3.26.